The molecule has 1 fully saturated rings. The van der Waals surface area contributed by atoms with E-state index in [-0.39, 0.29) is 29.6 Å². The summed E-state index contributed by atoms with van der Waals surface area (Å²) in [5.74, 6) is -1.73. The van der Waals surface area contributed by atoms with E-state index in [0.717, 1.165) is 12.1 Å². The fraction of sp³-hybridized carbons (Fsp3) is 0.261. The first-order valence-electron chi connectivity index (χ1n) is 10.6. The van der Waals surface area contributed by atoms with E-state index in [1.54, 1.807) is 37.5 Å². The van der Waals surface area contributed by atoms with Crippen LogP contribution in [0.4, 0.5) is 10.1 Å². The summed E-state index contributed by atoms with van der Waals surface area (Å²) in [6.07, 6.45) is 4.04. The molecule has 2 aromatic carbocycles. The Morgan fingerprint density at radius 3 is 2.47 bits per heavy atom. The van der Waals surface area contributed by atoms with Crippen molar-refractivity contribution >= 4 is 27.6 Å². The maximum atomic E-state index is 13.2. The van der Waals surface area contributed by atoms with Gasteiger partial charge in [-0.3, -0.25) is 14.3 Å². The number of nitrogens with one attached hydrogen (secondary N) is 1. The molecule has 1 N–H and O–H groups in total. The van der Waals surface area contributed by atoms with Crippen LogP contribution < -0.4 is 10.1 Å². The van der Waals surface area contributed by atoms with Gasteiger partial charge in [-0.25, -0.2) is 12.8 Å². The van der Waals surface area contributed by atoms with Gasteiger partial charge < -0.3 is 10.1 Å². The first kappa shape index (κ1) is 23.6. The molecule has 1 amide bonds. The second kappa shape index (κ2) is 9.74. The molecule has 1 aliphatic rings. The van der Waals surface area contributed by atoms with E-state index in [0.29, 0.717) is 24.1 Å². The summed E-state index contributed by atoms with van der Waals surface area (Å²) in [6, 6.07) is 10.9. The average molecular weight is 487 g/mol. The summed E-state index contributed by atoms with van der Waals surface area (Å²) in [5.41, 5.74) is 0.929. The van der Waals surface area contributed by atoms with Gasteiger partial charge in [0, 0.05) is 32.0 Å². The predicted octanol–water partition coefficient (Wildman–Crippen LogP) is 2.82. The minimum Gasteiger partial charge on any atom is -0.426 e. The quantitative estimate of drug-likeness (QED) is 0.424. The third kappa shape index (κ3) is 5.32. The number of hydrogen-bond donors (Lipinski definition) is 1. The molecule has 2 heterocycles. The van der Waals surface area contributed by atoms with Crippen LogP contribution in [0.1, 0.15) is 23.2 Å². The Bertz CT molecular complexity index is 1290. The van der Waals surface area contributed by atoms with Crippen LogP contribution in [0.5, 0.6) is 5.75 Å². The van der Waals surface area contributed by atoms with Crippen molar-refractivity contribution in [2.45, 2.75) is 17.7 Å². The summed E-state index contributed by atoms with van der Waals surface area (Å²) in [7, 11) is -2.13. The summed E-state index contributed by atoms with van der Waals surface area (Å²) in [4.78, 5) is 24.9. The molecule has 4 rings (SSSR count). The molecule has 1 aliphatic heterocycles. The molecule has 1 atom stereocenters. The number of esters is 1. The SMILES string of the molecule is Cn1cc(C(=O)Nc2ccc(OC(=O)C3CCCN(S(=O)(=O)c4ccc(F)cc4)C3)cc2)cn1. The largest absolute Gasteiger partial charge is 0.426 e. The van der Waals surface area contributed by atoms with Gasteiger partial charge in [0.15, 0.2) is 0 Å². The van der Waals surface area contributed by atoms with Crippen LogP contribution in [0.2, 0.25) is 0 Å². The maximum Gasteiger partial charge on any atom is 0.315 e. The molecule has 178 valence electrons. The minimum absolute atomic E-state index is 0.0161. The van der Waals surface area contributed by atoms with Crippen LogP contribution in [-0.2, 0) is 21.9 Å². The number of aromatic nitrogens is 2. The molecular formula is C23H23FN4O5S. The minimum atomic E-state index is -3.84. The lowest BCUT2D eigenvalue weighted by atomic mass is 10.00. The Kier molecular flexibility index (Phi) is 6.75. The van der Waals surface area contributed by atoms with Gasteiger partial charge in [0.05, 0.1) is 22.6 Å². The van der Waals surface area contributed by atoms with Gasteiger partial charge in [-0.15, -0.1) is 0 Å². The van der Waals surface area contributed by atoms with E-state index in [9.17, 15) is 22.4 Å². The fourth-order valence-electron chi connectivity index (χ4n) is 3.66. The van der Waals surface area contributed by atoms with Gasteiger partial charge >= 0.3 is 5.97 Å². The van der Waals surface area contributed by atoms with Crippen molar-refractivity contribution in [1.29, 1.82) is 0 Å². The lowest BCUT2D eigenvalue weighted by molar-refractivity contribution is -0.140. The fourth-order valence-corrected chi connectivity index (χ4v) is 5.18. The molecule has 11 heteroatoms. The average Bonchev–Trinajstić information content (AvgIpc) is 3.27. The Balaban J connectivity index is 1.36. The van der Waals surface area contributed by atoms with Gasteiger partial charge in [-0.05, 0) is 61.4 Å². The molecule has 1 saturated heterocycles. The van der Waals surface area contributed by atoms with Gasteiger partial charge in [0.25, 0.3) is 5.91 Å². The summed E-state index contributed by atoms with van der Waals surface area (Å²) in [6.45, 7) is 0.257. The number of carbonyl (C=O) groups excluding carboxylic acids is 2. The molecule has 3 aromatic rings. The van der Waals surface area contributed by atoms with Crippen molar-refractivity contribution in [2.75, 3.05) is 18.4 Å². The first-order chi connectivity index (χ1) is 16.2. The lowest BCUT2D eigenvalue weighted by Gasteiger charge is -2.30. The number of aryl methyl sites for hydroxylation is 1. The van der Waals surface area contributed by atoms with E-state index < -0.39 is 27.7 Å². The van der Waals surface area contributed by atoms with E-state index in [4.69, 9.17) is 4.74 Å². The highest BCUT2D eigenvalue weighted by Gasteiger charge is 2.34. The van der Waals surface area contributed by atoms with Crippen molar-refractivity contribution in [1.82, 2.24) is 14.1 Å². The summed E-state index contributed by atoms with van der Waals surface area (Å²) >= 11 is 0. The molecule has 0 saturated carbocycles. The number of ether oxygens (including phenoxy) is 1. The smallest absolute Gasteiger partial charge is 0.315 e. The van der Waals surface area contributed by atoms with Crippen molar-refractivity contribution in [2.24, 2.45) is 13.0 Å². The van der Waals surface area contributed by atoms with Gasteiger partial charge in [0.1, 0.15) is 11.6 Å². The van der Waals surface area contributed by atoms with Crippen LogP contribution in [0, 0.1) is 11.7 Å². The molecule has 0 bridgehead atoms. The number of nitrogens with zero attached hydrogens (tertiary/aromatic N) is 3. The van der Waals surface area contributed by atoms with Crippen LogP contribution in [0.25, 0.3) is 0 Å². The number of piperidine rings is 1. The number of rotatable bonds is 6. The zero-order chi connectivity index (χ0) is 24.3. The molecular weight excluding hydrogens is 463 g/mol. The monoisotopic (exact) mass is 486 g/mol. The van der Waals surface area contributed by atoms with E-state index >= 15 is 0 Å². The number of halogens is 1. The van der Waals surface area contributed by atoms with Crippen molar-refractivity contribution in [3.8, 4) is 5.75 Å². The number of amides is 1. The van der Waals surface area contributed by atoms with Crippen LogP contribution in [0.3, 0.4) is 0 Å². The van der Waals surface area contributed by atoms with Crippen LogP contribution >= 0.6 is 0 Å². The van der Waals surface area contributed by atoms with Crippen LogP contribution in [-0.4, -0.2) is 47.5 Å². The Labute approximate surface area is 196 Å². The topological polar surface area (TPSA) is 111 Å². The highest BCUT2D eigenvalue weighted by atomic mass is 32.2. The molecule has 9 nitrogen and oxygen atoms in total. The first-order valence-corrected chi connectivity index (χ1v) is 12.0. The van der Waals surface area contributed by atoms with Gasteiger partial charge in [0.2, 0.25) is 10.0 Å². The highest BCUT2D eigenvalue weighted by molar-refractivity contribution is 7.89. The normalized spacial score (nSPS) is 16.7. The standard InChI is InChI=1S/C23H23FN4O5S/c1-27-14-17(13-25-27)22(29)26-19-6-8-20(9-7-19)33-23(30)16-3-2-12-28(15-16)34(31,32)21-10-4-18(24)5-11-21/h4-11,13-14,16H,2-3,12,15H2,1H3,(H,26,29). The Hall–Kier alpha value is -3.57. The number of benzene rings is 2. The highest BCUT2D eigenvalue weighted by Crippen LogP contribution is 2.26. The Morgan fingerprint density at radius 2 is 1.82 bits per heavy atom. The number of anilines is 1. The second-order valence-corrected chi connectivity index (χ2v) is 9.90. The number of carbonyl (C=O) groups is 2. The van der Waals surface area contributed by atoms with E-state index in [1.807, 2.05) is 0 Å². The molecule has 34 heavy (non-hydrogen) atoms. The zero-order valence-corrected chi connectivity index (χ0v) is 19.2. The number of hydrogen-bond acceptors (Lipinski definition) is 6. The van der Waals surface area contributed by atoms with Crippen LogP contribution in [0.15, 0.2) is 65.8 Å². The summed E-state index contributed by atoms with van der Waals surface area (Å²) in [5, 5.41) is 6.68. The molecule has 0 spiro atoms. The number of sulfonamides is 1. The molecule has 0 radical (unpaired) electrons. The van der Waals surface area contributed by atoms with Gasteiger partial charge in [-0.1, -0.05) is 0 Å². The van der Waals surface area contributed by atoms with Gasteiger partial charge in [-0.2, -0.15) is 9.40 Å². The van der Waals surface area contributed by atoms with Crippen molar-refractivity contribution in [3.05, 3.63) is 72.3 Å². The second-order valence-electron chi connectivity index (χ2n) is 7.96. The molecule has 0 aliphatic carbocycles. The van der Waals surface area contributed by atoms with Crippen molar-refractivity contribution < 1.29 is 27.1 Å². The van der Waals surface area contributed by atoms with E-state index in [1.165, 1.54) is 27.3 Å². The van der Waals surface area contributed by atoms with Crippen molar-refractivity contribution in [3.63, 3.8) is 0 Å². The predicted molar refractivity (Wildman–Crippen MR) is 121 cm³/mol. The molecule has 1 unspecified atom stereocenters. The summed E-state index contributed by atoms with van der Waals surface area (Å²) < 4.78 is 47.1. The zero-order valence-electron chi connectivity index (χ0n) is 18.3. The lowest BCUT2D eigenvalue weighted by Crippen LogP contribution is -2.43. The maximum absolute atomic E-state index is 13.2. The third-order valence-corrected chi connectivity index (χ3v) is 7.35. The third-order valence-electron chi connectivity index (χ3n) is 5.47. The Morgan fingerprint density at radius 1 is 1.12 bits per heavy atom. The van der Waals surface area contributed by atoms with E-state index in [2.05, 4.69) is 10.4 Å². The molecule has 1 aromatic heterocycles.